The fourth-order valence-corrected chi connectivity index (χ4v) is 1.61. The zero-order chi connectivity index (χ0) is 13.2. The van der Waals surface area contributed by atoms with Crippen molar-refractivity contribution in [2.75, 3.05) is 20.2 Å². The Morgan fingerprint density at radius 1 is 1.59 bits per heavy atom. The Labute approximate surface area is 99.3 Å². The molecule has 0 aromatic carbocycles. The summed E-state index contributed by atoms with van der Waals surface area (Å²) >= 11 is 0. The molecule has 0 aromatic rings. The molecule has 1 saturated heterocycles. The molecule has 1 atom stereocenters. The van der Waals surface area contributed by atoms with E-state index >= 15 is 0 Å². The average molecular weight is 243 g/mol. The van der Waals surface area contributed by atoms with Crippen molar-refractivity contribution in [3.8, 4) is 0 Å². The molecule has 17 heavy (non-hydrogen) atoms. The molecule has 1 unspecified atom stereocenters. The van der Waals surface area contributed by atoms with Crippen molar-refractivity contribution < 1.29 is 19.1 Å². The van der Waals surface area contributed by atoms with Gasteiger partial charge < -0.3 is 15.4 Å². The van der Waals surface area contributed by atoms with E-state index in [4.69, 9.17) is 10.5 Å². The molecule has 3 N–H and O–H groups in total. The van der Waals surface area contributed by atoms with Gasteiger partial charge in [-0.15, -0.1) is 0 Å². The van der Waals surface area contributed by atoms with Crippen molar-refractivity contribution in [3.63, 3.8) is 0 Å². The van der Waals surface area contributed by atoms with Crippen LogP contribution in [0.5, 0.6) is 0 Å². The number of hydrogen-bond acceptors (Lipinski definition) is 5. The number of piperazine rings is 1. The summed E-state index contributed by atoms with van der Waals surface area (Å²) in [5.41, 5.74) is 4.30. The number of amides is 3. The smallest absolute Gasteiger partial charge is 0.254 e. The summed E-state index contributed by atoms with van der Waals surface area (Å²) in [5.74, 6) is -1.47. The second kappa shape index (κ2) is 4.80. The third kappa shape index (κ3) is 2.45. The van der Waals surface area contributed by atoms with Crippen LogP contribution in [0.15, 0.2) is 0 Å². The first-order valence-electron chi connectivity index (χ1n) is 5.23. The molecule has 3 amide bonds. The van der Waals surface area contributed by atoms with Gasteiger partial charge in [0.2, 0.25) is 5.91 Å². The molecule has 0 spiro atoms. The summed E-state index contributed by atoms with van der Waals surface area (Å²) in [6.07, 6.45) is -0.840. The van der Waals surface area contributed by atoms with Crippen molar-refractivity contribution in [3.05, 3.63) is 0 Å². The number of nitrogens with one attached hydrogen (secondary N) is 1. The van der Waals surface area contributed by atoms with Gasteiger partial charge in [-0.3, -0.25) is 19.7 Å². The highest BCUT2D eigenvalue weighted by molar-refractivity contribution is 6.06. The van der Waals surface area contributed by atoms with E-state index in [2.05, 4.69) is 5.32 Å². The number of nitrogens with zero attached hydrogens (tertiary/aromatic N) is 1. The lowest BCUT2D eigenvalue weighted by atomic mass is 9.98. The Bertz CT molecular complexity index is 349. The summed E-state index contributed by atoms with van der Waals surface area (Å²) in [6, 6.07) is 0. The Morgan fingerprint density at radius 2 is 2.18 bits per heavy atom. The Hall–Kier alpha value is -1.47. The number of rotatable bonds is 3. The van der Waals surface area contributed by atoms with E-state index in [1.54, 1.807) is 13.8 Å². The third-order valence-corrected chi connectivity index (χ3v) is 2.83. The number of carbonyl (C=O) groups is 3. The van der Waals surface area contributed by atoms with Crippen LogP contribution >= 0.6 is 0 Å². The van der Waals surface area contributed by atoms with E-state index in [1.165, 1.54) is 12.0 Å². The third-order valence-electron chi connectivity index (χ3n) is 2.83. The molecule has 0 radical (unpaired) electrons. The Morgan fingerprint density at radius 3 is 2.65 bits per heavy atom. The maximum Gasteiger partial charge on any atom is 0.254 e. The van der Waals surface area contributed by atoms with Gasteiger partial charge in [0.15, 0.2) is 0 Å². The fourth-order valence-electron chi connectivity index (χ4n) is 1.61. The maximum absolute atomic E-state index is 12.1. The quantitative estimate of drug-likeness (QED) is 0.571. The summed E-state index contributed by atoms with van der Waals surface area (Å²) in [7, 11) is 1.36. The van der Waals surface area contributed by atoms with E-state index in [9.17, 15) is 14.4 Å². The van der Waals surface area contributed by atoms with Crippen LogP contribution in [0.1, 0.15) is 13.8 Å². The standard InChI is InChI=1S/C10H17N3O4/c1-10(2)9(16)12-7(14)5-13(10)8(15)6(4-11)17-3/h6H,4-5,11H2,1-3H3,(H,12,14,16). The minimum atomic E-state index is -1.09. The minimum absolute atomic E-state index is 0.00226. The summed E-state index contributed by atoms with van der Waals surface area (Å²) < 4.78 is 4.92. The molecule has 7 heteroatoms. The van der Waals surface area contributed by atoms with Gasteiger partial charge in [0.1, 0.15) is 18.2 Å². The zero-order valence-electron chi connectivity index (χ0n) is 10.1. The van der Waals surface area contributed by atoms with Gasteiger partial charge in [-0.05, 0) is 13.8 Å². The van der Waals surface area contributed by atoms with E-state index in [1.807, 2.05) is 0 Å². The lowest BCUT2D eigenvalue weighted by molar-refractivity contribution is -0.160. The highest BCUT2D eigenvalue weighted by Gasteiger charge is 2.45. The van der Waals surface area contributed by atoms with Crippen molar-refractivity contribution >= 4 is 17.7 Å². The van der Waals surface area contributed by atoms with Crippen LogP contribution in [0.3, 0.4) is 0 Å². The molecular weight excluding hydrogens is 226 g/mol. The summed E-state index contributed by atoms with van der Waals surface area (Å²) in [4.78, 5) is 36.2. The number of hydrogen-bond donors (Lipinski definition) is 2. The molecule has 0 aliphatic carbocycles. The number of carbonyl (C=O) groups excluding carboxylic acids is 3. The van der Waals surface area contributed by atoms with Gasteiger partial charge in [-0.25, -0.2) is 0 Å². The van der Waals surface area contributed by atoms with Crippen molar-refractivity contribution in [1.29, 1.82) is 0 Å². The van der Waals surface area contributed by atoms with E-state index in [0.29, 0.717) is 0 Å². The maximum atomic E-state index is 12.1. The molecule has 1 fully saturated rings. The predicted molar refractivity (Wildman–Crippen MR) is 58.8 cm³/mol. The molecular formula is C10H17N3O4. The number of ether oxygens (including phenoxy) is 1. The van der Waals surface area contributed by atoms with Crippen LogP contribution < -0.4 is 11.1 Å². The van der Waals surface area contributed by atoms with Gasteiger partial charge >= 0.3 is 0 Å². The van der Waals surface area contributed by atoms with Gasteiger partial charge in [-0.2, -0.15) is 0 Å². The second-order valence-electron chi connectivity index (χ2n) is 4.32. The average Bonchev–Trinajstić information content (AvgIpc) is 2.25. The largest absolute Gasteiger partial charge is 0.370 e. The van der Waals surface area contributed by atoms with Crippen LogP contribution in [0.25, 0.3) is 0 Å². The van der Waals surface area contributed by atoms with Crippen molar-refractivity contribution in [1.82, 2.24) is 10.2 Å². The van der Waals surface area contributed by atoms with Gasteiger partial charge in [-0.1, -0.05) is 0 Å². The van der Waals surface area contributed by atoms with Crippen molar-refractivity contribution in [2.24, 2.45) is 5.73 Å². The lowest BCUT2D eigenvalue weighted by Gasteiger charge is -2.41. The molecule has 1 aliphatic heterocycles. The minimum Gasteiger partial charge on any atom is -0.370 e. The molecule has 0 saturated carbocycles. The molecule has 1 rings (SSSR count). The van der Waals surface area contributed by atoms with Crippen LogP contribution in [-0.4, -0.2) is 54.5 Å². The van der Waals surface area contributed by atoms with Crippen LogP contribution in [0.4, 0.5) is 0 Å². The van der Waals surface area contributed by atoms with Gasteiger partial charge in [0.25, 0.3) is 11.8 Å². The number of imide groups is 1. The summed E-state index contributed by atoms with van der Waals surface area (Å²) in [6.45, 7) is 2.96. The van der Waals surface area contributed by atoms with Gasteiger partial charge in [0, 0.05) is 13.7 Å². The van der Waals surface area contributed by atoms with E-state index < -0.39 is 29.4 Å². The topological polar surface area (TPSA) is 102 Å². The highest BCUT2D eigenvalue weighted by atomic mass is 16.5. The molecule has 96 valence electrons. The van der Waals surface area contributed by atoms with Crippen molar-refractivity contribution in [2.45, 2.75) is 25.5 Å². The Kier molecular flexibility index (Phi) is 3.84. The van der Waals surface area contributed by atoms with Gasteiger partial charge in [0.05, 0.1) is 0 Å². The molecule has 1 aliphatic rings. The molecule has 7 nitrogen and oxygen atoms in total. The molecule has 0 bridgehead atoms. The van der Waals surface area contributed by atoms with E-state index in [0.717, 1.165) is 0 Å². The molecule has 1 heterocycles. The van der Waals surface area contributed by atoms with Crippen LogP contribution in [0, 0.1) is 0 Å². The second-order valence-corrected chi connectivity index (χ2v) is 4.32. The monoisotopic (exact) mass is 243 g/mol. The molecule has 0 aromatic heterocycles. The fraction of sp³-hybridized carbons (Fsp3) is 0.700. The summed E-state index contributed by atoms with van der Waals surface area (Å²) in [5, 5.41) is 2.19. The predicted octanol–water partition coefficient (Wildman–Crippen LogP) is -1.78. The SMILES string of the molecule is COC(CN)C(=O)N1CC(=O)NC(=O)C1(C)C. The lowest BCUT2D eigenvalue weighted by Crippen LogP contribution is -2.67. The zero-order valence-corrected chi connectivity index (χ0v) is 10.1. The van der Waals surface area contributed by atoms with Crippen LogP contribution in [0.2, 0.25) is 0 Å². The number of nitrogens with two attached hydrogens (primary N) is 1. The number of methoxy groups -OCH3 is 1. The van der Waals surface area contributed by atoms with Crippen LogP contribution in [-0.2, 0) is 19.1 Å². The first-order valence-corrected chi connectivity index (χ1v) is 5.23. The highest BCUT2D eigenvalue weighted by Crippen LogP contribution is 2.19. The van der Waals surface area contributed by atoms with E-state index in [-0.39, 0.29) is 13.1 Å². The Balaban J connectivity index is 2.97. The normalized spacial score (nSPS) is 21.1. The first-order chi connectivity index (χ1) is 7.84. The first kappa shape index (κ1) is 13.6.